The molecule has 5 nitrogen and oxygen atoms in total. The van der Waals surface area contributed by atoms with Crippen molar-refractivity contribution in [2.24, 2.45) is 5.92 Å². The molecule has 0 unspecified atom stereocenters. The van der Waals surface area contributed by atoms with E-state index in [0.717, 1.165) is 32.1 Å². The number of halogens is 2. The molecule has 0 spiro atoms. The molecule has 1 amide bonds. The van der Waals surface area contributed by atoms with Crippen LogP contribution in [0.5, 0.6) is 0 Å². The number of amides is 1. The average Bonchev–Trinajstić information content (AvgIpc) is 2.70. The molecule has 0 N–H and O–H groups in total. The maximum atomic E-state index is 13.0. The number of carbonyl (C=O) groups excluding carboxylic acids is 1. The van der Waals surface area contributed by atoms with Gasteiger partial charge in [-0.1, -0.05) is 48.5 Å². The van der Waals surface area contributed by atoms with Crippen LogP contribution in [-0.4, -0.2) is 49.7 Å². The van der Waals surface area contributed by atoms with Crippen LogP contribution in [-0.2, 0) is 20.6 Å². The Kier molecular flexibility index (Phi) is 7.29. The van der Waals surface area contributed by atoms with E-state index in [1.54, 1.807) is 18.2 Å². The van der Waals surface area contributed by atoms with Crippen molar-refractivity contribution in [3.8, 4) is 0 Å². The van der Waals surface area contributed by atoms with Crippen molar-refractivity contribution >= 4 is 39.1 Å². The average molecular weight is 447 g/mol. The second-order valence-corrected chi connectivity index (χ2v) is 10.7. The van der Waals surface area contributed by atoms with Crippen molar-refractivity contribution in [2.75, 3.05) is 20.1 Å². The van der Waals surface area contributed by atoms with Gasteiger partial charge in [0.1, 0.15) is 0 Å². The zero-order chi connectivity index (χ0) is 20.3. The summed E-state index contributed by atoms with van der Waals surface area (Å²) in [6.45, 7) is 0.722. The van der Waals surface area contributed by atoms with E-state index < -0.39 is 10.0 Å². The van der Waals surface area contributed by atoms with Crippen LogP contribution in [0.4, 0.5) is 0 Å². The zero-order valence-corrected chi connectivity index (χ0v) is 18.6. The normalized spacial score (nSPS) is 22.2. The van der Waals surface area contributed by atoms with Gasteiger partial charge in [0, 0.05) is 26.2 Å². The van der Waals surface area contributed by atoms with Gasteiger partial charge in [-0.15, -0.1) is 0 Å². The predicted octanol–water partition coefficient (Wildman–Crippen LogP) is 4.33. The molecule has 1 aromatic rings. The van der Waals surface area contributed by atoms with Crippen LogP contribution in [0.1, 0.15) is 50.5 Å². The number of rotatable bonds is 5. The van der Waals surface area contributed by atoms with E-state index in [0.29, 0.717) is 34.6 Å². The van der Waals surface area contributed by atoms with Crippen LogP contribution >= 0.6 is 23.2 Å². The molecule has 1 aromatic carbocycles. The van der Waals surface area contributed by atoms with Gasteiger partial charge in [-0.05, 0) is 43.4 Å². The summed E-state index contributed by atoms with van der Waals surface area (Å²) in [6, 6.07) is 5.17. The van der Waals surface area contributed by atoms with Crippen molar-refractivity contribution in [3.05, 3.63) is 33.8 Å². The first-order valence-electron chi connectivity index (χ1n) is 9.96. The van der Waals surface area contributed by atoms with Gasteiger partial charge in [0.15, 0.2) is 0 Å². The third-order valence-electron chi connectivity index (χ3n) is 5.93. The third-order valence-corrected chi connectivity index (χ3v) is 8.49. The fourth-order valence-electron chi connectivity index (χ4n) is 4.26. The Bertz CT molecular complexity index is 810. The van der Waals surface area contributed by atoms with Gasteiger partial charge >= 0.3 is 0 Å². The third kappa shape index (κ3) is 5.21. The standard InChI is InChI=1S/C20H28Cl2N2O3S/c1-23(17-7-3-2-4-8-17)20(25)16-6-5-11-24(13-16)28(26,27)14-15-9-10-18(21)19(22)12-15/h9-10,12,16-17H,2-8,11,13-14H2,1H3/t16-/m1/s1. The molecule has 2 fully saturated rings. The van der Waals surface area contributed by atoms with Crippen molar-refractivity contribution in [2.45, 2.75) is 56.7 Å². The van der Waals surface area contributed by atoms with Crippen molar-refractivity contribution in [1.82, 2.24) is 9.21 Å². The lowest BCUT2D eigenvalue weighted by atomic mass is 9.92. The summed E-state index contributed by atoms with van der Waals surface area (Å²) >= 11 is 11.9. The van der Waals surface area contributed by atoms with Gasteiger partial charge in [0.2, 0.25) is 15.9 Å². The van der Waals surface area contributed by atoms with E-state index >= 15 is 0 Å². The number of hydrogen-bond donors (Lipinski definition) is 0. The highest BCUT2D eigenvalue weighted by Gasteiger charge is 2.35. The number of benzene rings is 1. The number of sulfonamides is 1. The number of carbonyl (C=O) groups is 1. The first-order chi connectivity index (χ1) is 13.3. The van der Waals surface area contributed by atoms with Crippen LogP contribution < -0.4 is 0 Å². The molecule has 1 saturated heterocycles. The second kappa shape index (κ2) is 9.33. The van der Waals surface area contributed by atoms with Gasteiger partial charge < -0.3 is 4.90 Å². The quantitative estimate of drug-likeness (QED) is 0.675. The van der Waals surface area contributed by atoms with E-state index in [4.69, 9.17) is 23.2 Å². The Morgan fingerprint density at radius 2 is 1.82 bits per heavy atom. The summed E-state index contributed by atoms with van der Waals surface area (Å²) in [7, 11) is -1.65. The smallest absolute Gasteiger partial charge is 0.227 e. The van der Waals surface area contributed by atoms with E-state index in [9.17, 15) is 13.2 Å². The summed E-state index contributed by atoms with van der Waals surface area (Å²) in [5.74, 6) is -0.311. The maximum absolute atomic E-state index is 13.0. The van der Waals surface area contributed by atoms with Gasteiger partial charge in [0.05, 0.1) is 21.7 Å². The summed E-state index contributed by atoms with van der Waals surface area (Å²) in [4.78, 5) is 14.9. The molecule has 2 aliphatic rings. The van der Waals surface area contributed by atoms with Crippen molar-refractivity contribution < 1.29 is 13.2 Å². The first-order valence-corrected chi connectivity index (χ1v) is 12.3. The highest BCUT2D eigenvalue weighted by molar-refractivity contribution is 7.88. The molecule has 0 aromatic heterocycles. The van der Waals surface area contributed by atoms with Crippen molar-refractivity contribution in [3.63, 3.8) is 0 Å². The topological polar surface area (TPSA) is 57.7 Å². The lowest BCUT2D eigenvalue weighted by Gasteiger charge is -2.37. The Balaban J connectivity index is 1.65. The zero-order valence-electron chi connectivity index (χ0n) is 16.2. The van der Waals surface area contributed by atoms with Crippen LogP contribution in [0.15, 0.2) is 18.2 Å². The molecule has 1 aliphatic carbocycles. The number of nitrogens with zero attached hydrogens (tertiary/aromatic N) is 2. The molecule has 28 heavy (non-hydrogen) atoms. The van der Waals surface area contributed by atoms with Crippen LogP contribution in [0, 0.1) is 5.92 Å². The van der Waals surface area contributed by atoms with E-state index in [1.165, 1.54) is 10.7 Å². The molecular weight excluding hydrogens is 419 g/mol. The SMILES string of the molecule is CN(C(=O)[C@@H]1CCCN(S(=O)(=O)Cc2ccc(Cl)c(Cl)c2)C1)C1CCCCC1. The van der Waals surface area contributed by atoms with Crippen molar-refractivity contribution in [1.29, 1.82) is 0 Å². The lowest BCUT2D eigenvalue weighted by Crippen LogP contribution is -2.48. The van der Waals surface area contributed by atoms with E-state index in [-0.39, 0.29) is 24.1 Å². The lowest BCUT2D eigenvalue weighted by molar-refractivity contribution is -0.138. The summed E-state index contributed by atoms with van der Waals surface area (Å²) in [6.07, 6.45) is 7.11. The Labute approximate surface area is 178 Å². The highest BCUT2D eigenvalue weighted by Crippen LogP contribution is 2.28. The summed E-state index contributed by atoms with van der Waals surface area (Å²) in [5, 5.41) is 0.743. The molecule has 1 aliphatic heterocycles. The first kappa shape index (κ1) is 21.9. The molecule has 0 bridgehead atoms. The van der Waals surface area contributed by atoms with Crippen LogP contribution in [0.25, 0.3) is 0 Å². The Morgan fingerprint density at radius 1 is 1.11 bits per heavy atom. The molecule has 0 radical (unpaired) electrons. The van der Waals surface area contributed by atoms with Gasteiger partial charge in [-0.25, -0.2) is 12.7 Å². The van der Waals surface area contributed by atoms with Gasteiger partial charge in [-0.3, -0.25) is 4.79 Å². The van der Waals surface area contributed by atoms with E-state index in [2.05, 4.69) is 0 Å². The fraction of sp³-hybridized carbons (Fsp3) is 0.650. The minimum Gasteiger partial charge on any atom is -0.342 e. The largest absolute Gasteiger partial charge is 0.342 e. The van der Waals surface area contributed by atoms with Gasteiger partial charge in [-0.2, -0.15) is 0 Å². The molecule has 1 saturated carbocycles. The monoisotopic (exact) mass is 446 g/mol. The van der Waals surface area contributed by atoms with E-state index in [1.807, 2.05) is 11.9 Å². The second-order valence-electron chi connectivity index (χ2n) is 7.94. The minimum atomic E-state index is -3.52. The summed E-state index contributed by atoms with van der Waals surface area (Å²) in [5.41, 5.74) is 0.599. The molecular formula is C20H28Cl2N2O3S. The molecule has 8 heteroatoms. The molecule has 156 valence electrons. The summed E-state index contributed by atoms with van der Waals surface area (Å²) < 4.78 is 27.3. The van der Waals surface area contributed by atoms with Gasteiger partial charge in [0.25, 0.3) is 0 Å². The predicted molar refractivity (Wildman–Crippen MR) is 113 cm³/mol. The van der Waals surface area contributed by atoms with Crippen LogP contribution in [0.2, 0.25) is 10.0 Å². The maximum Gasteiger partial charge on any atom is 0.227 e. The fourth-order valence-corrected chi connectivity index (χ4v) is 6.18. The Hall–Kier alpha value is -0.820. The molecule has 1 heterocycles. The minimum absolute atomic E-state index is 0.0846. The number of piperidine rings is 1. The molecule has 3 rings (SSSR count). The highest BCUT2D eigenvalue weighted by atomic mass is 35.5. The van der Waals surface area contributed by atoms with Crippen LogP contribution in [0.3, 0.4) is 0 Å². The number of hydrogen-bond acceptors (Lipinski definition) is 3. The molecule has 1 atom stereocenters. The Morgan fingerprint density at radius 3 is 2.50 bits per heavy atom.